The minimum atomic E-state index is 0.176. The van der Waals surface area contributed by atoms with Crippen molar-refractivity contribution in [3.63, 3.8) is 0 Å². The molecule has 78 valence electrons. The van der Waals surface area contributed by atoms with Gasteiger partial charge >= 0.3 is 0 Å². The average Bonchev–Trinajstić information content (AvgIpc) is 2.58. The summed E-state index contributed by atoms with van der Waals surface area (Å²) >= 11 is 5.32. The molecule has 2 atom stereocenters. The van der Waals surface area contributed by atoms with E-state index in [2.05, 4.69) is 43.4 Å². The van der Waals surface area contributed by atoms with Crippen molar-refractivity contribution in [1.82, 2.24) is 9.55 Å². The van der Waals surface area contributed by atoms with Crippen LogP contribution in [-0.4, -0.2) is 9.55 Å². The number of hydrogen-bond donors (Lipinski definition) is 1. The summed E-state index contributed by atoms with van der Waals surface area (Å²) in [5.41, 5.74) is 1.51. The van der Waals surface area contributed by atoms with Crippen LogP contribution in [0.2, 0.25) is 0 Å². The van der Waals surface area contributed by atoms with E-state index < -0.39 is 0 Å². The molecule has 1 N–H and O–H groups in total. The molecule has 0 spiro atoms. The highest BCUT2D eigenvalue weighted by molar-refractivity contribution is 7.71. The third-order valence-electron chi connectivity index (χ3n) is 2.98. The topological polar surface area (TPSA) is 20.7 Å². The first kappa shape index (κ1) is 9.97. The summed E-state index contributed by atoms with van der Waals surface area (Å²) in [5, 5.41) is 0. The predicted octanol–water partition coefficient (Wildman–Crippen LogP) is 3.42. The maximum absolute atomic E-state index is 5.32. The van der Waals surface area contributed by atoms with E-state index in [0.29, 0.717) is 6.04 Å². The zero-order chi connectivity index (χ0) is 10.5. The maximum atomic E-state index is 5.32. The zero-order valence-corrected chi connectivity index (χ0v) is 10.1. The van der Waals surface area contributed by atoms with Gasteiger partial charge < -0.3 is 9.55 Å². The van der Waals surface area contributed by atoms with Crippen molar-refractivity contribution in [2.75, 3.05) is 0 Å². The Morgan fingerprint density at radius 2 is 2.07 bits per heavy atom. The summed E-state index contributed by atoms with van der Waals surface area (Å²) < 4.78 is 3.18. The first-order valence-corrected chi connectivity index (χ1v) is 5.62. The Morgan fingerprint density at radius 3 is 2.50 bits per heavy atom. The number of nitrogens with one attached hydrogen (secondary N) is 1. The first-order valence-electron chi connectivity index (χ1n) is 5.21. The van der Waals surface area contributed by atoms with Gasteiger partial charge in [-0.2, -0.15) is 0 Å². The van der Waals surface area contributed by atoms with Crippen molar-refractivity contribution in [3.8, 4) is 0 Å². The molecule has 1 fully saturated rings. The Kier molecular flexibility index (Phi) is 2.11. The van der Waals surface area contributed by atoms with Gasteiger partial charge in [-0.3, -0.25) is 0 Å². The van der Waals surface area contributed by atoms with Crippen LogP contribution in [0, 0.1) is 10.7 Å². The van der Waals surface area contributed by atoms with Gasteiger partial charge in [0.2, 0.25) is 0 Å². The number of imidazole rings is 1. The van der Waals surface area contributed by atoms with E-state index in [-0.39, 0.29) is 5.41 Å². The van der Waals surface area contributed by atoms with Gasteiger partial charge in [0.25, 0.3) is 0 Å². The second-order valence-corrected chi connectivity index (χ2v) is 5.77. The molecule has 0 aliphatic heterocycles. The minimum Gasteiger partial charge on any atom is -0.337 e. The fraction of sp³-hybridized carbons (Fsp3) is 0.727. The second kappa shape index (κ2) is 2.96. The molecular weight excluding hydrogens is 192 g/mol. The quantitative estimate of drug-likeness (QED) is 0.704. The molecule has 0 radical (unpaired) electrons. The van der Waals surface area contributed by atoms with E-state index in [0.717, 1.165) is 10.7 Å². The summed E-state index contributed by atoms with van der Waals surface area (Å²) in [4.78, 5) is 3.16. The monoisotopic (exact) mass is 210 g/mol. The van der Waals surface area contributed by atoms with Gasteiger partial charge in [0.1, 0.15) is 0 Å². The highest BCUT2D eigenvalue weighted by Gasteiger charge is 2.37. The van der Waals surface area contributed by atoms with Gasteiger partial charge in [-0.1, -0.05) is 27.7 Å². The Labute approximate surface area is 90.3 Å². The molecule has 0 amide bonds. The van der Waals surface area contributed by atoms with Crippen molar-refractivity contribution in [2.45, 2.75) is 45.6 Å². The van der Waals surface area contributed by atoms with Crippen LogP contribution in [0.1, 0.15) is 45.9 Å². The van der Waals surface area contributed by atoms with Crippen molar-refractivity contribution < 1.29 is 0 Å². The highest BCUT2D eigenvalue weighted by Crippen LogP contribution is 2.45. The van der Waals surface area contributed by atoms with Gasteiger partial charge in [-0.15, -0.1) is 0 Å². The molecule has 0 aromatic carbocycles. The highest BCUT2D eigenvalue weighted by atomic mass is 32.1. The number of H-pyrrole nitrogens is 1. The molecular formula is C11H18N2S. The molecule has 14 heavy (non-hydrogen) atoms. The molecule has 1 aromatic rings. The summed E-state index contributed by atoms with van der Waals surface area (Å²) in [6.07, 6.45) is 3.34. The Hall–Kier alpha value is -0.570. The Morgan fingerprint density at radius 1 is 1.50 bits per heavy atom. The number of aromatic nitrogens is 2. The van der Waals surface area contributed by atoms with Crippen LogP contribution in [0.4, 0.5) is 0 Å². The van der Waals surface area contributed by atoms with E-state index in [1.807, 2.05) is 0 Å². The van der Waals surface area contributed by atoms with Crippen LogP contribution >= 0.6 is 12.2 Å². The molecule has 0 bridgehead atoms. The molecule has 2 nitrogen and oxygen atoms in total. The van der Waals surface area contributed by atoms with Crippen LogP contribution in [0.5, 0.6) is 0 Å². The molecule has 1 aromatic heterocycles. The predicted molar refractivity (Wildman–Crippen MR) is 61.1 cm³/mol. The smallest absolute Gasteiger partial charge is 0.177 e. The fourth-order valence-corrected chi connectivity index (χ4v) is 2.24. The molecule has 1 heterocycles. The second-order valence-electron chi connectivity index (χ2n) is 5.38. The molecule has 2 rings (SSSR count). The third-order valence-corrected chi connectivity index (χ3v) is 3.29. The molecule has 2 unspecified atom stereocenters. The summed E-state index contributed by atoms with van der Waals surface area (Å²) in [6.45, 7) is 8.98. The fourth-order valence-electron chi connectivity index (χ4n) is 1.95. The molecule has 1 aliphatic carbocycles. The van der Waals surface area contributed by atoms with Crippen LogP contribution in [-0.2, 0) is 5.41 Å². The standard InChI is InChI=1S/C11H18N2S/c1-7-5-8(7)13-9(11(2,3)4)6-12-10(13)14/h6-8H,5H2,1-4H3,(H,12,14). The van der Waals surface area contributed by atoms with Gasteiger partial charge in [-0.05, 0) is 24.6 Å². The van der Waals surface area contributed by atoms with E-state index in [4.69, 9.17) is 12.2 Å². The number of hydrogen-bond acceptors (Lipinski definition) is 1. The summed E-state index contributed by atoms with van der Waals surface area (Å²) in [7, 11) is 0. The van der Waals surface area contributed by atoms with Crippen molar-refractivity contribution in [1.29, 1.82) is 0 Å². The normalized spacial score (nSPS) is 26.6. The van der Waals surface area contributed by atoms with Crippen molar-refractivity contribution >= 4 is 12.2 Å². The maximum Gasteiger partial charge on any atom is 0.177 e. The lowest BCUT2D eigenvalue weighted by atomic mass is 9.92. The molecule has 3 heteroatoms. The minimum absolute atomic E-state index is 0.176. The number of aromatic amines is 1. The molecule has 0 saturated heterocycles. The number of nitrogens with zero attached hydrogens (tertiary/aromatic N) is 1. The van der Waals surface area contributed by atoms with Gasteiger partial charge in [0.15, 0.2) is 4.77 Å². The number of rotatable bonds is 1. The van der Waals surface area contributed by atoms with E-state index in [9.17, 15) is 0 Å². The third kappa shape index (κ3) is 1.54. The van der Waals surface area contributed by atoms with E-state index >= 15 is 0 Å². The Bertz CT molecular complexity index is 394. The van der Waals surface area contributed by atoms with Gasteiger partial charge in [0.05, 0.1) is 0 Å². The van der Waals surface area contributed by atoms with Crippen LogP contribution < -0.4 is 0 Å². The first-order chi connectivity index (χ1) is 6.41. The lowest BCUT2D eigenvalue weighted by molar-refractivity contribution is 0.510. The summed E-state index contributed by atoms with van der Waals surface area (Å²) in [6, 6.07) is 0.642. The lowest BCUT2D eigenvalue weighted by Crippen LogP contribution is -2.17. The van der Waals surface area contributed by atoms with E-state index in [1.165, 1.54) is 12.1 Å². The lowest BCUT2D eigenvalue weighted by Gasteiger charge is -2.20. The van der Waals surface area contributed by atoms with Crippen LogP contribution in [0.3, 0.4) is 0 Å². The average molecular weight is 210 g/mol. The Balaban J connectivity index is 2.47. The van der Waals surface area contributed by atoms with Gasteiger partial charge in [0, 0.05) is 23.3 Å². The van der Waals surface area contributed by atoms with Crippen LogP contribution in [0.25, 0.3) is 0 Å². The van der Waals surface area contributed by atoms with Crippen molar-refractivity contribution in [3.05, 3.63) is 16.7 Å². The van der Waals surface area contributed by atoms with E-state index in [1.54, 1.807) is 0 Å². The molecule has 1 saturated carbocycles. The van der Waals surface area contributed by atoms with Gasteiger partial charge in [-0.25, -0.2) is 0 Å². The van der Waals surface area contributed by atoms with Crippen LogP contribution in [0.15, 0.2) is 6.20 Å². The van der Waals surface area contributed by atoms with Crippen molar-refractivity contribution in [2.24, 2.45) is 5.92 Å². The summed E-state index contributed by atoms with van der Waals surface area (Å²) in [5.74, 6) is 0.790. The zero-order valence-electron chi connectivity index (χ0n) is 9.29. The molecule has 1 aliphatic rings. The largest absolute Gasteiger partial charge is 0.337 e. The SMILES string of the molecule is CC1CC1n1c(C(C)(C)C)c[nH]c1=S.